The minimum absolute atomic E-state index is 0.0752. The van der Waals surface area contributed by atoms with Gasteiger partial charge in [0.1, 0.15) is 11.6 Å². The van der Waals surface area contributed by atoms with Crippen LogP contribution < -0.4 is 10.2 Å². The third kappa shape index (κ3) is 3.72. The first kappa shape index (κ1) is 17.6. The average Bonchev–Trinajstić information content (AvgIpc) is 3.00. The number of nitrogens with zero attached hydrogens (tertiary/aromatic N) is 7. The van der Waals surface area contributed by atoms with Crippen LogP contribution in [0.4, 0.5) is 11.9 Å². The van der Waals surface area contributed by atoms with E-state index in [1.54, 1.807) is 0 Å². The van der Waals surface area contributed by atoms with E-state index in [0.29, 0.717) is 17.8 Å². The largest absolute Gasteiger partial charge is 0.347 e. The predicted octanol–water partition coefficient (Wildman–Crippen LogP) is 2.72. The Morgan fingerprint density at radius 1 is 1.00 bits per heavy atom. The average molecular weight is 344 g/mol. The number of hydrogen-bond donors (Lipinski definition) is 1. The van der Waals surface area contributed by atoms with Crippen LogP contribution in [0.5, 0.6) is 0 Å². The van der Waals surface area contributed by atoms with Gasteiger partial charge < -0.3 is 10.2 Å². The minimum Gasteiger partial charge on any atom is -0.347 e. The maximum absolute atomic E-state index is 4.75. The molecule has 0 aromatic carbocycles. The molecule has 136 valence electrons. The summed E-state index contributed by atoms with van der Waals surface area (Å²) < 4.78 is 2.02. The molecular formula is C17H28N8. The SMILES string of the molecule is CC(C)c1nc(NC2CCCn3nc(C(C)C)nc32)nc(N(C)C)n1. The Balaban J connectivity index is 1.91. The first-order chi connectivity index (χ1) is 11.8. The van der Waals surface area contributed by atoms with E-state index in [0.717, 1.165) is 36.9 Å². The molecular weight excluding hydrogens is 316 g/mol. The Kier molecular flexibility index (Phi) is 4.87. The lowest BCUT2D eigenvalue weighted by Crippen LogP contribution is -2.24. The van der Waals surface area contributed by atoms with Crippen molar-refractivity contribution in [3.8, 4) is 0 Å². The third-order valence-electron chi connectivity index (χ3n) is 4.27. The number of anilines is 2. The number of aromatic nitrogens is 6. The lowest BCUT2D eigenvalue weighted by molar-refractivity contribution is 0.435. The lowest BCUT2D eigenvalue weighted by atomic mass is 10.1. The molecule has 2 aromatic rings. The normalized spacial score (nSPS) is 17.0. The Labute approximate surface area is 149 Å². The zero-order valence-corrected chi connectivity index (χ0v) is 16.0. The van der Waals surface area contributed by atoms with E-state index in [1.807, 2.05) is 23.7 Å². The molecule has 0 saturated heterocycles. The highest BCUT2D eigenvalue weighted by Gasteiger charge is 2.26. The van der Waals surface area contributed by atoms with E-state index in [2.05, 4.69) is 53.1 Å². The van der Waals surface area contributed by atoms with Crippen molar-refractivity contribution in [1.29, 1.82) is 0 Å². The first-order valence-corrected chi connectivity index (χ1v) is 8.99. The molecule has 3 heterocycles. The summed E-state index contributed by atoms with van der Waals surface area (Å²) >= 11 is 0. The van der Waals surface area contributed by atoms with Gasteiger partial charge in [0.15, 0.2) is 5.82 Å². The fourth-order valence-electron chi connectivity index (χ4n) is 2.81. The van der Waals surface area contributed by atoms with Gasteiger partial charge in [0, 0.05) is 32.5 Å². The molecule has 2 aromatic heterocycles. The third-order valence-corrected chi connectivity index (χ3v) is 4.27. The molecule has 8 heteroatoms. The maximum Gasteiger partial charge on any atom is 0.229 e. The molecule has 1 unspecified atom stereocenters. The highest BCUT2D eigenvalue weighted by Crippen LogP contribution is 2.28. The zero-order valence-electron chi connectivity index (χ0n) is 16.0. The number of aryl methyl sites for hydroxylation is 1. The van der Waals surface area contributed by atoms with Gasteiger partial charge in [-0.05, 0) is 12.8 Å². The molecule has 1 atom stereocenters. The Morgan fingerprint density at radius 2 is 1.72 bits per heavy atom. The minimum atomic E-state index is 0.0752. The fourth-order valence-corrected chi connectivity index (χ4v) is 2.81. The quantitative estimate of drug-likeness (QED) is 0.892. The molecule has 1 aliphatic heterocycles. The second kappa shape index (κ2) is 6.93. The highest BCUT2D eigenvalue weighted by atomic mass is 15.4. The Morgan fingerprint density at radius 3 is 2.36 bits per heavy atom. The van der Waals surface area contributed by atoms with Crippen LogP contribution in [0.25, 0.3) is 0 Å². The van der Waals surface area contributed by atoms with Crippen LogP contribution >= 0.6 is 0 Å². The summed E-state index contributed by atoms with van der Waals surface area (Å²) in [5, 5.41) is 8.11. The fraction of sp³-hybridized carbons (Fsp3) is 0.706. The van der Waals surface area contributed by atoms with Gasteiger partial charge in [-0.1, -0.05) is 27.7 Å². The van der Waals surface area contributed by atoms with E-state index >= 15 is 0 Å². The van der Waals surface area contributed by atoms with Gasteiger partial charge in [-0.3, -0.25) is 0 Å². The predicted molar refractivity (Wildman–Crippen MR) is 98.0 cm³/mol. The van der Waals surface area contributed by atoms with Crippen molar-refractivity contribution >= 4 is 11.9 Å². The van der Waals surface area contributed by atoms with Crippen LogP contribution in [0.3, 0.4) is 0 Å². The van der Waals surface area contributed by atoms with Crippen molar-refractivity contribution in [2.75, 3.05) is 24.3 Å². The van der Waals surface area contributed by atoms with E-state index in [9.17, 15) is 0 Å². The van der Waals surface area contributed by atoms with E-state index in [-0.39, 0.29) is 12.0 Å². The monoisotopic (exact) mass is 344 g/mol. The summed E-state index contributed by atoms with van der Waals surface area (Å²) in [6.07, 6.45) is 2.06. The van der Waals surface area contributed by atoms with Gasteiger partial charge in [-0.2, -0.15) is 20.1 Å². The standard InChI is InChI=1S/C17H28N8/c1-10(2)13-20-16(22-17(21-13)24(5)6)18-12-8-7-9-25-15(12)19-14(23-25)11(3)4/h10-12H,7-9H2,1-6H3,(H,18,20,21,22). The molecule has 8 nitrogen and oxygen atoms in total. The van der Waals surface area contributed by atoms with Crippen LogP contribution in [0.1, 0.15) is 75.9 Å². The molecule has 0 radical (unpaired) electrons. The summed E-state index contributed by atoms with van der Waals surface area (Å²) in [6, 6.07) is 0.0752. The Bertz CT molecular complexity index is 708. The van der Waals surface area contributed by atoms with Gasteiger partial charge >= 0.3 is 0 Å². The molecule has 0 amide bonds. The van der Waals surface area contributed by atoms with Crippen LogP contribution in [0.15, 0.2) is 0 Å². The topological polar surface area (TPSA) is 84.7 Å². The van der Waals surface area contributed by atoms with Crippen molar-refractivity contribution < 1.29 is 0 Å². The number of nitrogens with one attached hydrogen (secondary N) is 1. The molecule has 0 fully saturated rings. The molecule has 25 heavy (non-hydrogen) atoms. The second-order valence-electron chi connectivity index (χ2n) is 7.41. The molecule has 0 aliphatic carbocycles. The zero-order chi connectivity index (χ0) is 18.1. The van der Waals surface area contributed by atoms with Crippen molar-refractivity contribution in [3.05, 3.63) is 17.5 Å². The highest BCUT2D eigenvalue weighted by molar-refractivity contribution is 5.37. The molecule has 3 rings (SSSR count). The second-order valence-corrected chi connectivity index (χ2v) is 7.41. The molecule has 0 saturated carbocycles. The lowest BCUT2D eigenvalue weighted by Gasteiger charge is -2.24. The van der Waals surface area contributed by atoms with Gasteiger partial charge in [0.2, 0.25) is 11.9 Å². The van der Waals surface area contributed by atoms with Crippen LogP contribution in [0.2, 0.25) is 0 Å². The van der Waals surface area contributed by atoms with Crippen LogP contribution in [0, 0.1) is 0 Å². The van der Waals surface area contributed by atoms with Crippen molar-refractivity contribution in [3.63, 3.8) is 0 Å². The van der Waals surface area contributed by atoms with E-state index in [1.165, 1.54) is 0 Å². The van der Waals surface area contributed by atoms with Crippen molar-refractivity contribution in [2.24, 2.45) is 0 Å². The Hall–Kier alpha value is -2.25. The van der Waals surface area contributed by atoms with E-state index in [4.69, 9.17) is 4.98 Å². The number of rotatable bonds is 5. The van der Waals surface area contributed by atoms with Crippen LogP contribution in [-0.2, 0) is 6.54 Å². The summed E-state index contributed by atoms with van der Waals surface area (Å²) in [4.78, 5) is 20.3. The number of fused-ring (bicyclic) bond motifs is 1. The summed E-state index contributed by atoms with van der Waals surface area (Å²) in [5.74, 6) is 4.51. The molecule has 0 bridgehead atoms. The van der Waals surface area contributed by atoms with Gasteiger partial charge in [0.05, 0.1) is 6.04 Å². The van der Waals surface area contributed by atoms with Crippen molar-refractivity contribution in [1.82, 2.24) is 29.7 Å². The maximum atomic E-state index is 4.75. The van der Waals surface area contributed by atoms with Gasteiger partial charge in [-0.25, -0.2) is 9.67 Å². The van der Waals surface area contributed by atoms with Crippen molar-refractivity contribution in [2.45, 2.75) is 65.0 Å². The summed E-state index contributed by atoms with van der Waals surface area (Å²) in [6.45, 7) is 9.34. The number of hydrogen-bond acceptors (Lipinski definition) is 7. The van der Waals surface area contributed by atoms with Crippen LogP contribution in [-0.4, -0.2) is 43.8 Å². The first-order valence-electron chi connectivity index (χ1n) is 8.99. The van der Waals surface area contributed by atoms with Gasteiger partial charge in [-0.15, -0.1) is 0 Å². The van der Waals surface area contributed by atoms with E-state index < -0.39 is 0 Å². The summed E-state index contributed by atoms with van der Waals surface area (Å²) in [7, 11) is 3.88. The van der Waals surface area contributed by atoms with Gasteiger partial charge in [0.25, 0.3) is 0 Å². The molecule has 0 spiro atoms. The molecule has 1 N–H and O–H groups in total. The summed E-state index contributed by atoms with van der Waals surface area (Å²) in [5.41, 5.74) is 0. The molecule has 1 aliphatic rings. The smallest absolute Gasteiger partial charge is 0.229 e.